The minimum atomic E-state index is -0.268. The molecule has 0 aliphatic heterocycles. The Hall–Kier alpha value is -1.07. The van der Waals surface area contributed by atoms with E-state index in [0.29, 0.717) is 13.2 Å². The third-order valence-corrected chi connectivity index (χ3v) is 3.13. The van der Waals surface area contributed by atoms with Gasteiger partial charge in [-0.1, -0.05) is 0 Å². The Morgan fingerprint density at radius 1 is 1.53 bits per heavy atom. The van der Waals surface area contributed by atoms with E-state index in [2.05, 4.69) is 5.32 Å². The molecule has 0 heterocycles. The zero-order chi connectivity index (χ0) is 12.7. The molecule has 0 aromatic heterocycles. The Morgan fingerprint density at radius 3 is 2.94 bits per heavy atom. The molecule has 0 bridgehead atoms. The lowest BCUT2D eigenvalue weighted by Gasteiger charge is -2.08. The molecule has 0 amide bonds. The normalized spacial score (nSPS) is 10.3. The van der Waals surface area contributed by atoms with E-state index in [0.717, 1.165) is 10.5 Å². The van der Waals surface area contributed by atoms with E-state index < -0.39 is 0 Å². The maximum Gasteiger partial charge on any atom is 0.316 e. The number of halogens is 1. The second-order valence-electron chi connectivity index (χ2n) is 3.38. The third-order valence-electron chi connectivity index (χ3n) is 2.04. The molecular weight excluding hydrogens is 241 g/mol. The molecule has 0 spiro atoms. The van der Waals surface area contributed by atoms with Crippen molar-refractivity contribution >= 4 is 17.7 Å². The molecule has 17 heavy (non-hydrogen) atoms. The van der Waals surface area contributed by atoms with Gasteiger partial charge >= 0.3 is 5.97 Å². The minimum absolute atomic E-state index is 0.246. The van der Waals surface area contributed by atoms with E-state index in [1.807, 2.05) is 0 Å². The molecule has 1 aromatic rings. The van der Waals surface area contributed by atoms with Crippen LogP contribution in [0, 0.1) is 5.82 Å². The molecule has 3 nitrogen and oxygen atoms in total. The van der Waals surface area contributed by atoms with Crippen molar-refractivity contribution in [3.63, 3.8) is 0 Å². The van der Waals surface area contributed by atoms with Crippen LogP contribution in [0.5, 0.6) is 0 Å². The van der Waals surface area contributed by atoms with Crippen molar-refractivity contribution in [2.75, 3.05) is 19.4 Å². The summed E-state index contributed by atoms with van der Waals surface area (Å²) in [4.78, 5) is 12.1. The van der Waals surface area contributed by atoms with Crippen molar-refractivity contribution in [3.05, 3.63) is 29.6 Å². The van der Waals surface area contributed by atoms with Gasteiger partial charge in [-0.15, -0.1) is 11.8 Å². The predicted molar refractivity (Wildman–Crippen MR) is 66.5 cm³/mol. The van der Waals surface area contributed by atoms with Crippen molar-refractivity contribution in [1.82, 2.24) is 5.32 Å². The molecule has 5 heteroatoms. The fourth-order valence-corrected chi connectivity index (χ4v) is 2.19. The predicted octanol–water partition coefficient (Wildman–Crippen LogP) is 2.20. The molecule has 0 atom stereocenters. The Kier molecular flexibility index (Phi) is 6.00. The molecule has 0 saturated carbocycles. The van der Waals surface area contributed by atoms with E-state index in [9.17, 15) is 9.18 Å². The smallest absolute Gasteiger partial charge is 0.316 e. The van der Waals surface area contributed by atoms with Gasteiger partial charge in [-0.3, -0.25) is 4.79 Å². The second-order valence-corrected chi connectivity index (χ2v) is 4.39. The van der Waals surface area contributed by atoms with Crippen LogP contribution in [-0.4, -0.2) is 25.4 Å². The molecule has 0 unspecified atom stereocenters. The van der Waals surface area contributed by atoms with E-state index in [1.165, 1.54) is 23.9 Å². The molecule has 0 aliphatic carbocycles. The quantitative estimate of drug-likeness (QED) is 0.626. The largest absolute Gasteiger partial charge is 0.465 e. The number of benzene rings is 1. The highest BCUT2D eigenvalue weighted by Gasteiger charge is 2.08. The Balaban J connectivity index is 2.66. The first-order chi connectivity index (χ1) is 8.17. The van der Waals surface area contributed by atoms with Crippen molar-refractivity contribution < 1.29 is 13.9 Å². The third kappa shape index (κ3) is 4.75. The van der Waals surface area contributed by atoms with Gasteiger partial charge in [0.1, 0.15) is 5.82 Å². The summed E-state index contributed by atoms with van der Waals surface area (Å²) in [5, 5.41) is 2.97. The molecule has 0 saturated heterocycles. The Morgan fingerprint density at radius 2 is 2.29 bits per heavy atom. The number of rotatable bonds is 6. The molecule has 0 aliphatic rings. The molecule has 0 fully saturated rings. The Bertz CT molecular complexity index is 385. The summed E-state index contributed by atoms with van der Waals surface area (Å²) in [6.07, 6.45) is 0. The van der Waals surface area contributed by atoms with Gasteiger partial charge in [0.25, 0.3) is 0 Å². The van der Waals surface area contributed by atoms with Crippen LogP contribution in [0.15, 0.2) is 23.1 Å². The molecule has 1 N–H and O–H groups in total. The topological polar surface area (TPSA) is 38.3 Å². The Labute approximate surface area is 105 Å². The van der Waals surface area contributed by atoms with Crippen molar-refractivity contribution in [2.45, 2.75) is 18.4 Å². The van der Waals surface area contributed by atoms with Crippen LogP contribution in [0.25, 0.3) is 0 Å². The lowest BCUT2D eigenvalue weighted by molar-refractivity contribution is -0.139. The van der Waals surface area contributed by atoms with Crippen LogP contribution < -0.4 is 5.32 Å². The van der Waals surface area contributed by atoms with Crippen molar-refractivity contribution in [2.24, 2.45) is 0 Å². The van der Waals surface area contributed by atoms with Gasteiger partial charge in [-0.05, 0) is 37.7 Å². The summed E-state index contributed by atoms with van der Waals surface area (Å²) in [5.41, 5.74) is 0.849. The van der Waals surface area contributed by atoms with Crippen LogP contribution >= 0.6 is 11.8 Å². The first-order valence-electron chi connectivity index (χ1n) is 5.38. The molecule has 1 rings (SSSR count). The fourth-order valence-electron chi connectivity index (χ4n) is 1.36. The number of esters is 1. The lowest BCUT2D eigenvalue weighted by Crippen LogP contribution is -2.09. The zero-order valence-corrected chi connectivity index (χ0v) is 10.8. The van der Waals surface area contributed by atoms with E-state index >= 15 is 0 Å². The second kappa shape index (κ2) is 7.29. The molecule has 0 radical (unpaired) electrons. The van der Waals surface area contributed by atoms with E-state index in [4.69, 9.17) is 4.74 Å². The average Bonchev–Trinajstić information content (AvgIpc) is 2.29. The highest BCUT2D eigenvalue weighted by molar-refractivity contribution is 8.00. The average molecular weight is 257 g/mol. The van der Waals surface area contributed by atoms with Crippen molar-refractivity contribution in [3.8, 4) is 0 Å². The maximum absolute atomic E-state index is 13.1. The van der Waals surface area contributed by atoms with Crippen molar-refractivity contribution in [1.29, 1.82) is 0 Å². The first-order valence-corrected chi connectivity index (χ1v) is 6.37. The highest BCUT2D eigenvalue weighted by Crippen LogP contribution is 2.23. The number of thioether (sulfide) groups is 1. The summed E-state index contributed by atoms with van der Waals surface area (Å²) >= 11 is 1.36. The summed E-state index contributed by atoms with van der Waals surface area (Å²) < 4.78 is 17.9. The van der Waals surface area contributed by atoms with Crippen LogP contribution in [0.4, 0.5) is 4.39 Å². The summed E-state index contributed by atoms with van der Waals surface area (Å²) in [5.74, 6) is -0.274. The maximum atomic E-state index is 13.1. The van der Waals surface area contributed by atoms with Gasteiger partial charge in [-0.2, -0.15) is 0 Å². The van der Waals surface area contributed by atoms with E-state index in [-0.39, 0.29) is 17.5 Å². The minimum Gasteiger partial charge on any atom is -0.465 e. The fraction of sp³-hybridized carbons (Fsp3) is 0.417. The number of nitrogens with one attached hydrogen (secondary N) is 1. The van der Waals surface area contributed by atoms with Crippen LogP contribution in [0.2, 0.25) is 0 Å². The number of carbonyl (C=O) groups excluding carboxylic acids is 1. The number of hydrogen-bond donors (Lipinski definition) is 1. The van der Waals surface area contributed by atoms with E-state index in [1.54, 1.807) is 20.0 Å². The SMILES string of the molecule is CCOC(=O)CSc1ccc(F)cc1CNC. The van der Waals surface area contributed by atoms with Gasteiger partial charge in [0, 0.05) is 11.4 Å². The van der Waals surface area contributed by atoms with Gasteiger partial charge in [0.05, 0.1) is 12.4 Å². The summed E-state index contributed by atoms with van der Waals surface area (Å²) in [7, 11) is 1.80. The molecule has 94 valence electrons. The lowest BCUT2D eigenvalue weighted by atomic mass is 10.2. The van der Waals surface area contributed by atoms with Gasteiger partial charge in [0.15, 0.2) is 0 Å². The van der Waals surface area contributed by atoms with Gasteiger partial charge in [-0.25, -0.2) is 4.39 Å². The van der Waals surface area contributed by atoms with Crippen LogP contribution in [0.3, 0.4) is 0 Å². The zero-order valence-electron chi connectivity index (χ0n) is 9.96. The molecule has 1 aromatic carbocycles. The van der Waals surface area contributed by atoms with Crippen LogP contribution in [-0.2, 0) is 16.1 Å². The standard InChI is InChI=1S/C12H16FNO2S/c1-3-16-12(15)8-17-11-5-4-10(13)6-9(11)7-14-2/h4-6,14H,3,7-8H2,1-2H3. The van der Waals surface area contributed by atoms with Gasteiger partial charge in [0.2, 0.25) is 0 Å². The number of ether oxygens (including phenoxy) is 1. The molecular formula is C12H16FNO2S. The first kappa shape index (κ1) is 14.0. The number of carbonyl (C=O) groups is 1. The number of hydrogen-bond acceptors (Lipinski definition) is 4. The monoisotopic (exact) mass is 257 g/mol. The van der Waals surface area contributed by atoms with Crippen LogP contribution in [0.1, 0.15) is 12.5 Å². The summed E-state index contributed by atoms with van der Waals surface area (Å²) in [6, 6.07) is 4.56. The van der Waals surface area contributed by atoms with Gasteiger partial charge < -0.3 is 10.1 Å². The highest BCUT2D eigenvalue weighted by atomic mass is 32.2. The summed E-state index contributed by atoms with van der Waals surface area (Å²) in [6.45, 7) is 2.72.